The van der Waals surface area contributed by atoms with Gasteiger partial charge in [-0.2, -0.15) is 0 Å². The predicted octanol–water partition coefficient (Wildman–Crippen LogP) is 2.65. The summed E-state index contributed by atoms with van der Waals surface area (Å²) >= 11 is 1.71. The molecule has 0 aliphatic heterocycles. The number of methoxy groups -OCH3 is 1. The second-order valence-corrected chi connectivity index (χ2v) is 6.02. The number of rotatable bonds is 5. The number of nitrogens with one attached hydrogen (secondary N) is 2. The molecule has 0 unspecified atom stereocenters. The summed E-state index contributed by atoms with van der Waals surface area (Å²) in [5.74, 6) is 1.34. The Kier molecular flexibility index (Phi) is 8.24. The van der Waals surface area contributed by atoms with Crippen molar-refractivity contribution in [3.05, 3.63) is 39.5 Å². The highest BCUT2D eigenvalue weighted by molar-refractivity contribution is 14.0. The number of guanidine groups is 1. The van der Waals surface area contributed by atoms with Crippen LogP contribution in [0.25, 0.3) is 0 Å². The molecule has 2 N–H and O–H groups in total. The van der Waals surface area contributed by atoms with Gasteiger partial charge in [-0.3, -0.25) is 4.99 Å². The molecule has 0 spiro atoms. The summed E-state index contributed by atoms with van der Waals surface area (Å²) in [4.78, 5) is 14.1. The minimum atomic E-state index is 0. The quantitative estimate of drug-likeness (QED) is 0.419. The number of aromatic nitrogens is 2. The largest absolute Gasteiger partial charge is 0.481 e. The second-order valence-electron chi connectivity index (χ2n) is 4.73. The third-order valence-corrected chi connectivity index (χ3v) is 4.24. The van der Waals surface area contributed by atoms with Crippen molar-refractivity contribution in [3.63, 3.8) is 0 Å². The zero-order valence-corrected chi connectivity index (χ0v) is 16.9. The van der Waals surface area contributed by atoms with Crippen LogP contribution in [0.5, 0.6) is 5.88 Å². The van der Waals surface area contributed by atoms with Crippen molar-refractivity contribution in [2.75, 3.05) is 14.2 Å². The Morgan fingerprint density at radius 3 is 2.65 bits per heavy atom. The van der Waals surface area contributed by atoms with Gasteiger partial charge in [0.1, 0.15) is 5.01 Å². The van der Waals surface area contributed by atoms with Gasteiger partial charge >= 0.3 is 0 Å². The lowest BCUT2D eigenvalue weighted by molar-refractivity contribution is 0.397. The van der Waals surface area contributed by atoms with Crippen LogP contribution >= 0.6 is 35.3 Å². The lowest BCUT2D eigenvalue weighted by Gasteiger charge is -2.11. The number of aliphatic imine (C=N–C) groups is 1. The van der Waals surface area contributed by atoms with Crippen LogP contribution in [0.2, 0.25) is 0 Å². The topological polar surface area (TPSA) is 71.4 Å². The molecule has 6 nitrogen and oxygen atoms in total. The van der Waals surface area contributed by atoms with E-state index in [0.717, 1.165) is 22.2 Å². The van der Waals surface area contributed by atoms with E-state index in [1.807, 2.05) is 19.1 Å². The van der Waals surface area contributed by atoms with Crippen molar-refractivity contribution in [1.82, 2.24) is 20.6 Å². The van der Waals surface area contributed by atoms with Crippen molar-refractivity contribution < 1.29 is 4.74 Å². The monoisotopic (exact) mass is 447 g/mol. The zero-order valence-electron chi connectivity index (χ0n) is 13.7. The summed E-state index contributed by atoms with van der Waals surface area (Å²) in [5.41, 5.74) is 2.17. The molecule has 0 saturated carbocycles. The average Bonchev–Trinajstić information content (AvgIpc) is 2.86. The Labute approximate surface area is 157 Å². The number of thiazole rings is 1. The molecule has 0 amide bonds. The van der Waals surface area contributed by atoms with Crippen LogP contribution in [0.4, 0.5) is 0 Å². The number of aryl methyl sites for hydroxylation is 2. The fourth-order valence-corrected chi connectivity index (χ4v) is 2.73. The van der Waals surface area contributed by atoms with E-state index in [4.69, 9.17) is 4.74 Å². The first-order chi connectivity index (χ1) is 10.6. The molecule has 2 heterocycles. The maximum atomic E-state index is 5.12. The van der Waals surface area contributed by atoms with E-state index in [1.54, 1.807) is 31.7 Å². The lowest BCUT2D eigenvalue weighted by Crippen LogP contribution is -2.36. The molecule has 0 atom stereocenters. The molecule has 23 heavy (non-hydrogen) atoms. The van der Waals surface area contributed by atoms with Crippen molar-refractivity contribution >= 4 is 41.3 Å². The van der Waals surface area contributed by atoms with Crippen LogP contribution < -0.4 is 15.4 Å². The van der Waals surface area contributed by atoms with Crippen molar-refractivity contribution in [1.29, 1.82) is 0 Å². The maximum absolute atomic E-state index is 5.12. The van der Waals surface area contributed by atoms with Gasteiger partial charge in [0.25, 0.3) is 0 Å². The molecular formula is C15H22IN5OS. The van der Waals surface area contributed by atoms with E-state index < -0.39 is 0 Å². The Morgan fingerprint density at radius 1 is 1.30 bits per heavy atom. The Hall–Kier alpha value is -1.42. The van der Waals surface area contributed by atoms with E-state index in [-0.39, 0.29) is 24.0 Å². The summed E-state index contributed by atoms with van der Waals surface area (Å²) in [6.07, 6.45) is 1.73. The van der Waals surface area contributed by atoms with Gasteiger partial charge in [-0.1, -0.05) is 0 Å². The molecule has 2 rings (SSSR count). The van der Waals surface area contributed by atoms with Crippen LogP contribution in [0.15, 0.2) is 23.3 Å². The van der Waals surface area contributed by atoms with Crippen molar-refractivity contribution in [2.45, 2.75) is 26.9 Å². The van der Waals surface area contributed by atoms with Crippen LogP contribution in [-0.2, 0) is 13.1 Å². The normalized spacial score (nSPS) is 10.9. The summed E-state index contributed by atoms with van der Waals surface area (Å²) in [7, 11) is 3.36. The molecule has 0 radical (unpaired) electrons. The van der Waals surface area contributed by atoms with Crippen LogP contribution in [0.1, 0.15) is 21.1 Å². The molecule has 0 fully saturated rings. The average molecular weight is 447 g/mol. The van der Waals surface area contributed by atoms with Gasteiger partial charge in [-0.15, -0.1) is 35.3 Å². The fraction of sp³-hybridized carbons (Fsp3) is 0.400. The third-order valence-electron chi connectivity index (χ3n) is 3.17. The standard InChI is InChI=1S/C15H21N5OS.HI/c1-10-11(2)22-14(20-10)9-19-15(16-3)18-8-12-5-6-17-13(7-12)21-4;/h5-7H,8-9H2,1-4H3,(H2,16,18,19);1H. The number of hydrogen-bond donors (Lipinski definition) is 2. The fourth-order valence-electron chi connectivity index (χ4n) is 1.85. The predicted molar refractivity (Wildman–Crippen MR) is 105 cm³/mol. The molecule has 0 saturated heterocycles. The van der Waals surface area contributed by atoms with Crippen molar-refractivity contribution in [2.24, 2.45) is 4.99 Å². The summed E-state index contributed by atoms with van der Waals surface area (Å²) in [5, 5.41) is 7.58. The zero-order chi connectivity index (χ0) is 15.9. The number of hydrogen-bond acceptors (Lipinski definition) is 5. The Balaban J connectivity index is 0.00000264. The first-order valence-corrected chi connectivity index (χ1v) is 7.80. The van der Waals surface area contributed by atoms with Crippen LogP contribution in [-0.4, -0.2) is 30.1 Å². The minimum absolute atomic E-state index is 0. The molecule has 2 aromatic heterocycles. The molecule has 0 aliphatic carbocycles. The number of pyridine rings is 1. The van der Waals surface area contributed by atoms with Gasteiger partial charge in [0.2, 0.25) is 5.88 Å². The minimum Gasteiger partial charge on any atom is -0.481 e. The van der Waals surface area contributed by atoms with E-state index in [9.17, 15) is 0 Å². The smallest absolute Gasteiger partial charge is 0.213 e. The molecule has 126 valence electrons. The Morgan fingerprint density at radius 2 is 2.04 bits per heavy atom. The number of ether oxygens (including phenoxy) is 1. The molecule has 8 heteroatoms. The highest BCUT2D eigenvalue weighted by Crippen LogP contribution is 2.15. The first kappa shape index (κ1) is 19.6. The molecular weight excluding hydrogens is 425 g/mol. The third kappa shape index (κ3) is 5.94. The van der Waals surface area contributed by atoms with Gasteiger partial charge in [0.05, 0.1) is 19.3 Å². The van der Waals surface area contributed by atoms with Gasteiger partial charge < -0.3 is 15.4 Å². The summed E-state index contributed by atoms with van der Waals surface area (Å²) in [6, 6.07) is 3.84. The van der Waals surface area contributed by atoms with Crippen LogP contribution in [0.3, 0.4) is 0 Å². The molecule has 2 aromatic rings. The maximum Gasteiger partial charge on any atom is 0.213 e. The summed E-state index contributed by atoms with van der Waals surface area (Å²) in [6.45, 7) is 5.42. The molecule has 0 bridgehead atoms. The second kappa shape index (κ2) is 9.66. The highest BCUT2D eigenvalue weighted by Gasteiger charge is 2.05. The van der Waals surface area contributed by atoms with E-state index in [2.05, 4.69) is 32.5 Å². The van der Waals surface area contributed by atoms with E-state index in [1.165, 1.54) is 4.88 Å². The van der Waals surface area contributed by atoms with Crippen molar-refractivity contribution in [3.8, 4) is 5.88 Å². The first-order valence-electron chi connectivity index (χ1n) is 6.98. The van der Waals surface area contributed by atoms with Crippen LogP contribution in [0, 0.1) is 13.8 Å². The van der Waals surface area contributed by atoms with Gasteiger partial charge in [0.15, 0.2) is 5.96 Å². The molecule has 0 aliphatic rings. The summed E-state index contributed by atoms with van der Waals surface area (Å²) < 4.78 is 5.12. The van der Waals surface area contributed by atoms with Gasteiger partial charge in [-0.05, 0) is 25.5 Å². The lowest BCUT2D eigenvalue weighted by atomic mass is 10.2. The molecule has 0 aromatic carbocycles. The highest BCUT2D eigenvalue weighted by atomic mass is 127. The van der Waals surface area contributed by atoms with Gasteiger partial charge in [-0.25, -0.2) is 9.97 Å². The number of halogens is 1. The van der Waals surface area contributed by atoms with E-state index in [0.29, 0.717) is 19.0 Å². The number of nitrogens with zero attached hydrogens (tertiary/aromatic N) is 3. The van der Waals surface area contributed by atoms with E-state index >= 15 is 0 Å². The Bertz CT molecular complexity index is 640. The SMILES string of the molecule is CN=C(NCc1ccnc(OC)c1)NCc1nc(C)c(C)s1.I. The van der Waals surface area contributed by atoms with Gasteiger partial charge in [0, 0.05) is 30.7 Å².